The number of hydrogen-bond donors (Lipinski definition) is 2. The highest BCUT2D eigenvalue weighted by molar-refractivity contribution is 9.10. The van der Waals surface area contributed by atoms with Gasteiger partial charge in [-0.15, -0.1) is 0 Å². The number of halogens is 1. The molecule has 0 aliphatic rings. The zero-order chi connectivity index (χ0) is 11.4. The van der Waals surface area contributed by atoms with Crippen LogP contribution in [0.4, 0.5) is 0 Å². The summed E-state index contributed by atoms with van der Waals surface area (Å²) in [5.74, 6) is -0.463. The Morgan fingerprint density at radius 2 is 2.27 bits per heavy atom. The third kappa shape index (κ3) is 3.21. The van der Waals surface area contributed by atoms with Crippen LogP contribution in [0, 0.1) is 0 Å². The van der Waals surface area contributed by atoms with E-state index in [4.69, 9.17) is 9.84 Å². The van der Waals surface area contributed by atoms with E-state index < -0.39 is 12.1 Å². The van der Waals surface area contributed by atoms with Crippen LogP contribution in [0.1, 0.15) is 18.1 Å². The van der Waals surface area contributed by atoms with Crippen LogP contribution in [0.3, 0.4) is 0 Å². The molecule has 0 radical (unpaired) electrons. The molecule has 1 rings (SSSR count). The van der Waals surface area contributed by atoms with Crippen LogP contribution in [0.2, 0.25) is 0 Å². The van der Waals surface area contributed by atoms with E-state index in [1.165, 1.54) is 7.11 Å². The van der Waals surface area contributed by atoms with Gasteiger partial charge in [-0.05, 0) is 23.8 Å². The van der Waals surface area contributed by atoms with Gasteiger partial charge in [-0.1, -0.05) is 15.9 Å². The molecule has 1 atom stereocenters. The van der Waals surface area contributed by atoms with Gasteiger partial charge >= 0.3 is 5.97 Å². The van der Waals surface area contributed by atoms with Crippen LogP contribution in [0.25, 0.3) is 0 Å². The summed E-state index contributed by atoms with van der Waals surface area (Å²) < 4.78 is 5.65. The number of hydrogen-bond acceptors (Lipinski definition) is 3. The number of carboxylic acids is 1. The highest BCUT2D eigenvalue weighted by atomic mass is 79.9. The average molecular weight is 275 g/mol. The monoisotopic (exact) mass is 274 g/mol. The average Bonchev–Trinajstić information content (AvgIpc) is 2.17. The molecule has 2 N–H and O–H groups in total. The molecule has 5 heteroatoms. The van der Waals surface area contributed by atoms with Gasteiger partial charge in [0.2, 0.25) is 0 Å². The second kappa shape index (κ2) is 5.14. The molecule has 1 aromatic rings. The first-order valence-corrected chi connectivity index (χ1v) is 5.07. The standard InChI is InChI=1S/C10H11BrO4/c1-15-6-2-3-8(11)7(4-6)9(12)5-10(13)14/h2-4,9,12H,5H2,1H3,(H,13,14)/t9-/m1/s1. The molecule has 0 amide bonds. The Labute approximate surface area is 95.6 Å². The van der Waals surface area contributed by atoms with Crippen molar-refractivity contribution in [2.75, 3.05) is 7.11 Å². The molecule has 1 aromatic carbocycles. The minimum Gasteiger partial charge on any atom is -0.497 e. The largest absolute Gasteiger partial charge is 0.497 e. The molecular weight excluding hydrogens is 264 g/mol. The van der Waals surface area contributed by atoms with Gasteiger partial charge < -0.3 is 14.9 Å². The SMILES string of the molecule is COc1ccc(Br)c([C@H](O)CC(=O)O)c1. The van der Waals surface area contributed by atoms with Gasteiger partial charge in [0.25, 0.3) is 0 Å². The maximum Gasteiger partial charge on any atom is 0.306 e. The van der Waals surface area contributed by atoms with Crippen LogP contribution < -0.4 is 4.74 Å². The van der Waals surface area contributed by atoms with Crippen molar-refractivity contribution in [1.29, 1.82) is 0 Å². The van der Waals surface area contributed by atoms with Crippen molar-refractivity contribution in [1.82, 2.24) is 0 Å². The second-order valence-electron chi connectivity index (χ2n) is 3.00. The van der Waals surface area contributed by atoms with E-state index in [-0.39, 0.29) is 6.42 Å². The van der Waals surface area contributed by atoms with Crippen LogP contribution in [-0.4, -0.2) is 23.3 Å². The molecule has 0 saturated carbocycles. The predicted octanol–water partition coefficient (Wildman–Crippen LogP) is 1.97. The Bertz CT molecular complexity index is 364. The number of ether oxygens (including phenoxy) is 1. The molecule has 0 aliphatic carbocycles. The van der Waals surface area contributed by atoms with Crippen LogP contribution in [0.15, 0.2) is 22.7 Å². The molecule has 0 saturated heterocycles. The topological polar surface area (TPSA) is 66.8 Å². The molecule has 0 aliphatic heterocycles. The van der Waals surface area contributed by atoms with Gasteiger partial charge in [-0.3, -0.25) is 4.79 Å². The van der Waals surface area contributed by atoms with E-state index in [1.54, 1.807) is 18.2 Å². The van der Waals surface area contributed by atoms with Crippen molar-refractivity contribution in [2.24, 2.45) is 0 Å². The summed E-state index contributed by atoms with van der Waals surface area (Å²) >= 11 is 3.24. The lowest BCUT2D eigenvalue weighted by Gasteiger charge is -2.11. The highest BCUT2D eigenvalue weighted by Gasteiger charge is 2.15. The van der Waals surface area contributed by atoms with Gasteiger partial charge in [0.1, 0.15) is 5.75 Å². The maximum absolute atomic E-state index is 10.4. The number of methoxy groups -OCH3 is 1. The van der Waals surface area contributed by atoms with Crippen LogP contribution in [-0.2, 0) is 4.79 Å². The summed E-state index contributed by atoms with van der Waals surface area (Å²) in [6.45, 7) is 0. The number of aliphatic hydroxyl groups excluding tert-OH is 1. The summed E-state index contributed by atoms with van der Waals surface area (Å²) in [5.41, 5.74) is 0.511. The lowest BCUT2D eigenvalue weighted by Crippen LogP contribution is -2.06. The molecule has 0 aromatic heterocycles. The number of carbonyl (C=O) groups is 1. The lowest BCUT2D eigenvalue weighted by atomic mass is 10.1. The van der Waals surface area contributed by atoms with E-state index in [1.807, 2.05) is 0 Å². The first kappa shape index (κ1) is 12.0. The maximum atomic E-state index is 10.4. The van der Waals surface area contributed by atoms with E-state index in [2.05, 4.69) is 15.9 Å². The Morgan fingerprint density at radius 1 is 1.60 bits per heavy atom. The molecular formula is C10H11BrO4. The third-order valence-corrected chi connectivity index (χ3v) is 2.65. The van der Waals surface area contributed by atoms with Gasteiger partial charge in [-0.2, -0.15) is 0 Å². The van der Waals surface area contributed by atoms with Crippen molar-refractivity contribution in [2.45, 2.75) is 12.5 Å². The summed E-state index contributed by atoms with van der Waals surface area (Å²) in [5, 5.41) is 18.2. The van der Waals surface area contributed by atoms with Crippen molar-refractivity contribution >= 4 is 21.9 Å². The zero-order valence-corrected chi connectivity index (χ0v) is 9.69. The fourth-order valence-electron chi connectivity index (χ4n) is 1.18. The van der Waals surface area contributed by atoms with Crippen LogP contribution >= 0.6 is 15.9 Å². The summed E-state index contributed by atoms with van der Waals surface area (Å²) in [6, 6.07) is 5.04. The quantitative estimate of drug-likeness (QED) is 0.881. The normalized spacial score (nSPS) is 12.2. The molecule has 0 unspecified atom stereocenters. The molecule has 0 bridgehead atoms. The van der Waals surface area contributed by atoms with E-state index in [0.29, 0.717) is 15.8 Å². The third-order valence-electron chi connectivity index (χ3n) is 1.93. The lowest BCUT2D eigenvalue weighted by molar-refractivity contribution is -0.139. The first-order valence-electron chi connectivity index (χ1n) is 4.28. The number of rotatable bonds is 4. The van der Waals surface area contributed by atoms with E-state index >= 15 is 0 Å². The van der Waals surface area contributed by atoms with Gasteiger partial charge in [0.05, 0.1) is 19.6 Å². The molecule has 0 fully saturated rings. The van der Waals surface area contributed by atoms with E-state index in [9.17, 15) is 9.90 Å². The summed E-state index contributed by atoms with van der Waals surface area (Å²) in [4.78, 5) is 10.4. The molecule has 4 nitrogen and oxygen atoms in total. The van der Waals surface area contributed by atoms with Crippen molar-refractivity contribution in [3.8, 4) is 5.75 Å². The Balaban J connectivity index is 2.95. The minimum atomic E-state index is -1.04. The summed E-state index contributed by atoms with van der Waals surface area (Å²) in [6.07, 6.45) is -1.36. The van der Waals surface area contributed by atoms with Gasteiger partial charge in [-0.25, -0.2) is 0 Å². The zero-order valence-electron chi connectivity index (χ0n) is 8.11. The number of aliphatic carboxylic acids is 1. The van der Waals surface area contributed by atoms with Crippen molar-refractivity contribution in [3.05, 3.63) is 28.2 Å². The Kier molecular flexibility index (Phi) is 4.11. The number of benzene rings is 1. The molecule has 0 spiro atoms. The minimum absolute atomic E-state index is 0.328. The first-order chi connectivity index (χ1) is 7.04. The fraction of sp³-hybridized carbons (Fsp3) is 0.300. The Hall–Kier alpha value is -1.07. The smallest absolute Gasteiger partial charge is 0.306 e. The number of aliphatic hydroxyl groups is 1. The molecule has 0 heterocycles. The van der Waals surface area contributed by atoms with Crippen LogP contribution in [0.5, 0.6) is 5.75 Å². The Morgan fingerprint density at radius 3 is 2.80 bits per heavy atom. The summed E-state index contributed by atoms with van der Waals surface area (Å²) in [7, 11) is 1.51. The van der Waals surface area contributed by atoms with Crippen molar-refractivity contribution in [3.63, 3.8) is 0 Å². The number of carboxylic acid groups (broad SMARTS) is 1. The van der Waals surface area contributed by atoms with Gasteiger partial charge in [0, 0.05) is 4.47 Å². The van der Waals surface area contributed by atoms with Crippen molar-refractivity contribution < 1.29 is 19.7 Å². The highest BCUT2D eigenvalue weighted by Crippen LogP contribution is 2.29. The molecule has 15 heavy (non-hydrogen) atoms. The second-order valence-corrected chi connectivity index (χ2v) is 3.86. The van der Waals surface area contributed by atoms with E-state index in [0.717, 1.165) is 0 Å². The predicted molar refractivity (Wildman–Crippen MR) is 57.9 cm³/mol. The fourth-order valence-corrected chi connectivity index (χ4v) is 1.69. The molecule has 82 valence electrons. The van der Waals surface area contributed by atoms with Gasteiger partial charge in [0.15, 0.2) is 0 Å².